The molecule has 0 aliphatic heterocycles. The number of urea groups is 1. The van der Waals surface area contributed by atoms with E-state index in [-0.39, 0.29) is 11.8 Å². The van der Waals surface area contributed by atoms with Crippen molar-refractivity contribution in [2.75, 3.05) is 11.9 Å². The van der Waals surface area contributed by atoms with E-state index in [0.717, 1.165) is 16.5 Å². The lowest BCUT2D eigenvalue weighted by Crippen LogP contribution is -2.30. The molecule has 116 valence electrons. The van der Waals surface area contributed by atoms with Gasteiger partial charge in [0.15, 0.2) is 0 Å². The monoisotopic (exact) mass is 308 g/mol. The van der Waals surface area contributed by atoms with E-state index >= 15 is 0 Å². The van der Waals surface area contributed by atoms with Crippen LogP contribution in [0.5, 0.6) is 0 Å². The Kier molecular flexibility index (Phi) is 4.52. The lowest BCUT2D eigenvalue weighted by Gasteiger charge is -2.09. The molecule has 3 nitrogen and oxygen atoms in total. The third-order valence-electron chi connectivity index (χ3n) is 3.65. The van der Waals surface area contributed by atoms with E-state index in [1.165, 1.54) is 6.07 Å². The van der Waals surface area contributed by atoms with E-state index in [0.29, 0.717) is 18.5 Å². The number of halogens is 1. The van der Waals surface area contributed by atoms with Gasteiger partial charge in [0.2, 0.25) is 0 Å². The molecule has 2 N–H and O–H groups in total. The van der Waals surface area contributed by atoms with Crippen LogP contribution in [-0.4, -0.2) is 12.6 Å². The predicted molar refractivity (Wildman–Crippen MR) is 91.1 cm³/mol. The quantitative estimate of drug-likeness (QED) is 0.739. The second kappa shape index (κ2) is 6.92. The lowest BCUT2D eigenvalue weighted by molar-refractivity contribution is 0.252. The Balaban J connectivity index is 1.55. The SMILES string of the molecule is O=C(NCCc1ccccc1F)Nc1ccc2ccccc2c1. The summed E-state index contributed by atoms with van der Waals surface area (Å²) in [5.74, 6) is -0.246. The third-order valence-corrected chi connectivity index (χ3v) is 3.65. The largest absolute Gasteiger partial charge is 0.338 e. The molecule has 0 saturated heterocycles. The lowest BCUT2D eigenvalue weighted by atomic mass is 10.1. The molecule has 3 rings (SSSR count). The molecule has 0 saturated carbocycles. The minimum Gasteiger partial charge on any atom is -0.338 e. The average Bonchev–Trinajstić information content (AvgIpc) is 2.56. The Labute approximate surface area is 134 Å². The molecular formula is C19H17FN2O. The van der Waals surface area contributed by atoms with Crippen LogP contribution in [0.4, 0.5) is 14.9 Å². The van der Waals surface area contributed by atoms with Crippen LogP contribution in [-0.2, 0) is 6.42 Å². The summed E-state index contributed by atoms with van der Waals surface area (Å²) in [5, 5.41) is 7.72. The van der Waals surface area contributed by atoms with E-state index in [2.05, 4.69) is 10.6 Å². The zero-order valence-corrected chi connectivity index (χ0v) is 12.6. The van der Waals surface area contributed by atoms with Crippen LogP contribution in [0.1, 0.15) is 5.56 Å². The van der Waals surface area contributed by atoms with Crippen molar-refractivity contribution in [1.29, 1.82) is 0 Å². The fourth-order valence-electron chi connectivity index (χ4n) is 2.45. The Morgan fingerprint density at radius 1 is 0.913 bits per heavy atom. The summed E-state index contributed by atoms with van der Waals surface area (Å²) in [6, 6.07) is 20.0. The van der Waals surface area contributed by atoms with E-state index in [4.69, 9.17) is 0 Å². The molecule has 4 heteroatoms. The van der Waals surface area contributed by atoms with Gasteiger partial charge >= 0.3 is 6.03 Å². The molecule has 0 radical (unpaired) electrons. The molecule has 0 spiro atoms. The first kappa shape index (κ1) is 15.0. The topological polar surface area (TPSA) is 41.1 Å². The van der Waals surface area contributed by atoms with Gasteiger partial charge in [-0.25, -0.2) is 9.18 Å². The first-order valence-corrected chi connectivity index (χ1v) is 7.49. The summed E-state index contributed by atoms with van der Waals surface area (Å²) in [4.78, 5) is 11.9. The van der Waals surface area contributed by atoms with Gasteiger partial charge < -0.3 is 10.6 Å². The number of nitrogens with one attached hydrogen (secondary N) is 2. The van der Waals surface area contributed by atoms with E-state index in [9.17, 15) is 9.18 Å². The zero-order valence-electron chi connectivity index (χ0n) is 12.6. The molecule has 0 aliphatic carbocycles. The molecule has 0 aromatic heterocycles. The van der Waals surface area contributed by atoms with Crippen LogP contribution < -0.4 is 10.6 Å². The summed E-state index contributed by atoms with van der Waals surface area (Å²) in [6.07, 6.45) is 0.456. The van der Waals surface area contributed by atoms with Crippen molar-refractivity contribution in [1.82, 2.24) is 5.32 Å². The van der Waals surface area contributed by atoms with Crippen LogP contribution in [0, 0.1) is 5.82 Å². The molecule has 3 aromatic rings. The standard InChI is InChI=1S/C19H17FN2O/c20-18-8-4-3-6-15(18)11-12-21-19(23)22-17-10-9-14-5-1-2-7-16(14)13-17/h1-10,13H,11-12H2,(H2,21,22,23). The molecule has 0 fully saturated rings. The maximum Gasteiger partial charge on any atom is 0.319 e. The summed E-state index contributed by atoms with van der Waals surface area (Å²) in [5.41, 5.74) is 1.32. The fourth-order valence-corrected chi connectivity index (χ4v) is 2.45. The summed E-state index contributed by atoms with van der Waals surface area (Å²) >= 11 is 0. The van der Waals surface area contributed by atoms with Crippen LogP contribution in [0.3, 0.4) is 0 Å². The number of anilines is 1. The summed E-state index contributed by atoms with van der Waals surface area (Å²) in [7, 11) is 0. The highest BCUT2D eigenvalue weighted by molar-refractivity contribution is 5.93. The Hall–Kier alpha value is -2.88. The molecule has 0 heterocycles. The van der Waals surface area contributed by atoms with Gasteiger partial charge in [0.05, 0.1) is 0 Å². The van der Waals surface area contributed by atoms with Crippen molar-refractivity contribution in [3.8, 4) is 0 Å². The summed E-state index contributed by atoms with van der Waals surface area (Å²) < 4.78 is 13.5. The maximum absolute atomic E-state index is 13.5. The number of hydrogen-bond acceptors (Lipinski definition) is 1. The van der Waals surface area contributed by atoms with Gasteiger partial charge in [-0.05, 0) is 41.0 Å². The number of carbonyl (C=O) groups excluding carboxylic acids is 1. The molecule has 0 aliphatic rings. The Bertz CT molecular complexity index is 832. The minimum atomic E-state index is -0.295. The van der Waals surface area contributed by atoms with Gasteiger partial charge in [0.1, 0.15) is 5.82 Å². The minimum absolute atomic E-state index is 0.246. The number of amides is 2. The molecule has 23 heavy (non-hydrogen) atoms. The van der Waals surface area contributed by atoms with Crippen molar-refractivity contribution < 1.29 is 9.18 Å². The van der Waals surface area contributed by atoms with Crippen molar-refractivity contribution >= 4 is 22.5 Å². The first-order chi connectivity index (χ1) is 11.2. The highest BCUT2D eigenvalue weighted by Gasteiger charge is 2.04. The number of fused-ring (bicyclic) bond motifs is 1. The second-order valence-electron chi connectivity index (χ2n) is 5.28. The van der Waals surface area contributed by atoms with Crippen molar-refractivity contribution in [3.05, 3.63) is 78.1 Å². The predicted octanol–water partition coefficient (Wildman–Crippen LogP) is 4.34. The van der Waals surface area contributed by atoms with E-state index in [1.807, 2.05) is 42.5 Å². The smallest absolute Gasteiger partial charge is 0.319 e. The normalized spacial score (nSPS) is 10.5. The number of rotatable bonds is 4. The molecule has 0 unspecified atom stereocenters. The number of benzene rings is 3. The molecule has 2 amide bonds. The molecule has 0 bridgehead atoms. The van der Waals surface area contributed by atoms with Gasteiger partial charge in [-0.3, -0.25) is 0 Å². The van der Waals surface area contributed by atoms with Gasteiger partial charge in [-0.1, -0.05) is 48.5 Å². The van der Waals surface area contributed by atoms with Crippen molar-refractivity contribution in [2.45, 2.75) is 6.42 Å². The maximum atomic E-state index is 13.5. The van der Waals surface area contributed by atoms with Gasteiger partial charge in [-0.2, -0.15) is 0 Å². The second-order valence-corrected chi connectivity index (χ2v) is 5.28. The molecule has 3 aromatic carbocycles. The van der Waals surface area contributed by atoms with Gasteiger partial charge in [0, 0.05) is 12.2 Å². The van der Waals surface area contributed by atoms with Crippen molar-refractivity contribution in [3.63, 3.8) is 0 Å². The number of carbonyl (C=O) groups is 1. The zero-order chi connectivity index (χ0) is 16.1. The van der Waals surface area contributed by atoms with Crippen LogP contribution in [0.15, 0.2) is 66.7 Å². The number of hydrogen-bond donors (Lipinski definition) is 2. The first-order valence-electron chi connectivity index (χ1n) is 7.49. The highest BCUT2D eigenvalue weighted by Crippen LogP contribution is 2.18. The van der Waals surface area contributed by atoms with E-state index < -0.39 is 0 Å². The molecular weight excluding hydrogens is 291 g/mol. The van der Waals surface area contributed by atoms with E-state index in [1.54, 1.807) is 18.2 Å². The van der Waals surface area contributed by atoms with Gasteiger partial charge in [0.25, 0.3) is 0 Å². The fraction of sp³-hybridized carbons (Fsp3) is 0.105. The van der Waals surface area contributed by atoms with Crippen LogP contribution in [0.25, 0.3) is 10.8 Å². The average molecular weight is 308 g/mol. The van der Waals surface area contributed by atoms with Crippen molar-refractivity contribution in [2.24, 2.45) is 0 Å². The van der Waals surface area contributed by atoms with Crippen LogP contribution >= 0.6 is 0 Å². The van der Waals surface area contributed by atoms with Gasteiger partial charge in [-0.15, -0.1) is 0 Å². The molecule has 0 atom stereocenters. The Morgan fingerprint density at radius 2 is 1.65 bits per heavy atom. The third kappa shape index (κ3) is 3.86. The Morgan fingerprint density at radius 3 is 2.48 bits per heavy atom. The van der Waals surface area contributed by atoms with Crippen LogP contribution in [0.2, 0.25) is 0 Å². The highest BCUT2D eigenvalue weighted by atomic mass is 19.1. The summed E-state index contributed by atoms with van der Waals surface area (Å²) in [6.45, 7) is 0.375.